The first-order chi connectivity index (χ1) is 9.43. The second-order valence-electron chi connectivity index (χ2n) is 5.01. The molecule has 3 rings (SSSR count). The molecule has 20 heavy (non-hydrogen) atoms. The number of aliphatic imine (C=N–C) groups is 1. The zero-order valence-corrected chi connectivity index (χ0v) is 11.8. The summed E-state index contributed by atoms with van der Waals surface area (Å²) in [6.07, 6.45) is -3.58. The van der Waals surface area contributed by atoms with Crippen molar-refractivity contribution in [2.24, 2.45) is 10.9 Å². The molecule has 1 atom stereocenters. The van der Waals surface area contributed by atoms with Crippen LogP contribution in [0.15, 0.2) is 23.2 Å². The number of anilines is 1. The van der Waals surface area contributed by atoms with Crippen LogP contribution >= 0.6 is 11.8 Å². The Balaban J connectivity index is 1.73. The zero-order chi connectivity index (χ0) is 14.3. The van der Waals surface area contributed by atoms with E-state index in [1.54, 1.807) is 17.8 Å². The summed E-state index contributed by atoms with van der Waals surface area (Å²) in [5, 5.41) is 3.92. The number of hydrogen-bond donors (Lipinski definition) is 1. The molecule has 0 unspecified atom stereocenters. The van der Waals surface area contributed by atoms with Crippen LogP contribution in [0.25, 0.3) is 0 Å². The van der Waals surface area contributed by atoms with Gasteiger partial charge in [-0.05, 0) is 18.1 Å². The maximum atomic E-state index is 12.9. The number of fused-ring (bicyclic) bond motifs is 1. The fraction of sp³-hybridized carbons (Fsp3) is 0.462. The molecule has 7 heteroatoms. The molecule has 0 bridgehead atoms. The smallest absolute Gasteiger partial charge is 0.395 e. The normalized spacial score (nSPS) is 23.1. The maximum Gasteiger partial charge on any atom is 0.586 e. The lowest BCUT2D eigenvalue weighted by Crippen LogP contribution is -2.25. The minimum Gasteiger partial charge on any atom is -0.395 e. The van der Waals surface area contributed by atoms with Crippen LogP contribution in [0.1, 0.15) is 13.8 Å². The van der Waals surface area contributed by atoms with Crippen molar-refractivity contribution in [2.45, 2.75) is 26.2 Å². The van der Waals surface area contributed by atoms with Crippen LogP contribution in [0.5, 0.6) is 11.5 Å². The highest BCUT2D eigenvalue weighted by molar-refractivity contribution is 8.14. The Hall–Kier alpha value is -1.50. The van der Waals surface area contributed by atoms with Gasteiger partial charge in [0.15, 0.2) is 16.7 Å². The third-order valence-corrected chi connectivity index (χ3v) is 4.09. The molecule has 2 aliphatic rings. The predicted molar refractivity (Wildman–Crippen MR) is 74.8 cm³/mol. The molecule has 0 saturated carbocycles. The summed E-state index contributed by atoms with van der Waals surface area (Å²) in [5.74, 6) is 1.49. The van der Waals surface area contributed by atoms with Gasteiger partial charge in [-0.1, -0.05) is 25.6 Å². The predicted octanol–water partition coefficient (Wildman–Crippen LogP) is 3.55. The van der Waals surface area contributed by atoms with E-state index in [2.05, 4.69) is 33.6 Å². The number of rotatable bonds is 2. The number of nitrogens with one attached hydrogen (secondary N) is 1. The highest BCUT2D eigenvalue weighted by Gasteiger charge is 2.43. The van der Waals surface area contributed by atoms with Gasteiger partial charge in [0.1, 0.15) is 0 Å². The summed E-state index contributed by atoms with van der Waals surface area (Å²) in [4.78, 5) is 4.55. The molecule has 2 heterocycles. The molecule has 0 amide bonds. The molecule has 2 aliphatic heterocycles. The molecule has 0 saturated heterocycles. The second-order valence-corrected chi connectivity index (χ2v) is 6.02. The largest absolute Gasteiger partial charge is 0.586 e. The molecule has 0 aromatic heterocycles. The van der Waals surface area contributed by atoms with Crippen LogP contribution < -0.4 is 14.8 Å². The van der Waals surface area contributed by atoms with E-state index in [-0.39, 0.29) is 11.5 Å². The van der Waals surface area contributed by atoms with E-state index >= 15 is 0 Å². The summed E-state index contributed by atoms with van der Waals surface area (Å²) in [7, 11) is 0. The molecular formula is C13H14F2N2O2S. The lowest BCUT2D eigenvalue weighted by molar-refractivity contribution is -0.286. The molecule has 0 fully saturated rings. The minimum atomic E-state index is -3.58. The Kier molecular flexibility index (Phi) is 3.24. The number of halogens is 2. The monoisotopic (exact) mass is 300 g/mol. The van der Waals surface area contributed by atoms with Crippen molar-refractivity contribution >= 4 is 22.6 Å². The number of benzene rings is 1. The van der Waals surface area contributed by atoms with Crippen molar-refractivity contribution in [3.8, 4) is 11.5 Å². The van der Waals surface area contributed by atoms with Gasteiger partial charge in [0.2, 0.25) is 0 Å². The third kappa shape index (κ3) is 2.67. The van der Waals surface area contributed by atoms with Crippen molar-refractivity contribution in [2.75, 3.05) is 11.1 Å². The van der Waals surface area contributed by atoms with Gasteiger partial charge in [-0.2, -0.15) is 0 Å². The van der Waals surface area contributed by atoms with E-state index in [1.807, 2.05) is 0 Å². The van der Waals surface area contributed by atoms with Gasteiger partial charge in [0, 0.05) is 17.5 Å². The molecule has 1 aromatic rings. The van der Waals surface area contributed by atoms with Crippen LogP contribution in [-0.4, -0.2) is 23.3 Å². The fourth-order valence-corrected chi connectivity index (χ4v) is 3.14. The second kappa shape index (κ2) is 4.80. The highest BCUT2D eigenvalue weighted by Crippen LogP contribution is 2.42. The van der Waals surface area contributed by atoms with Gasteiger partial charge in [-0.3, -0.25) is 4.99 Å². The van der Waals surface area contributed by atoms with Crippen molar-refractivity contribution in [1.82, 2.24) is 0 Å². The van der Waals surface area contributed by atoms with E-state index in [4.69, 9.17) is 0 Å². The van der Waals surface area contributed by atoms with Crippen LogP contribution in [0.2, 0.25) is 0 Å². The first kappa shape index (κ1) is 13.5. The average molecular weight is 300 g/mol. The van der Waals surface area contributed by atoms with Crippen LogP contribution in [-0.2, 0) is 0 Å². The summed E-state index contributed by atoms with van der Waals surface area (Å²) in [5.41, 5.74) is 0.653. The van der Waals surface area contributed by atoms with E-state index in [9.17, 15) is 8.78 Å². The average Bonchev–Trinajstić information content (AvgIpc) is 2.91. The van der Waals surface area contributed by atoms with Crippen LogP contribution in [0.3, 0.4) is 0 Å². The molecule has 1 N–H and O–H groups in total. The number of thioether (sulfide) groups is 1. The number of nitrogens with zero attached hydrogens (tertiary/aromatic N) is 1. The Labute approximate surface area is 119 Å². The molecule has 0 spiro atoms. The molecule has 108 valence electrons. The lowest BCUT2D eigenvalue weighted by atomic mass is 10.1. The van der Waals surface area contributed by atoms with Gasteiger partial charge in [-0.25, -0.2) is 0 Å². The first-order valence-corrected chi connectivity index (χ1v) is 7.29. The Morgan fingerprint density at radius 3 is 2.80 bits per heavy atom. The standard InChI is InChI=1S/C13H14F2N2O2S/c1-7(2)9-6-20-12(17-9)16-8-3-4-10-11(5-8)19-13(14,15)18-10/h3-5,7,9H,6H2,1-2H3,(H,16,17)/t9-/m1/s1. The lowest BCUT2D eigenvalue weighted by Gasteiger charge is -2.08. The van der Waals surface area contributed by atoms with E-state index in [0.29, 0.717) is 17.6 Å². The maximum absolute atomic E-state index is 12.9. The van der Waals surface area contributed by atoms with Crippen molar-refractivity contribution in [3.05, 3.63) is 18.2 Å². The van der Waals surface area contributed by atoms with Gasteiger partial charge in [0.05, 0.1) is 6.04 Å². The minimum absolute atomic E-state index is 0.0315. The summed E-state index contributed by atoms with van der Waals surface area (Å²) in [6.45, 7) is 4.25. The fourth-order valence-electron chi connectivity index (χ4n) is 1.95. The summed E-state index contributed by atoms with van der Waals surface area (Å²) in [6, 6.07) is 4.90. The number of hydrogen-bond acceptors (Lipinski definition) is 5. The Bertz CT molecular complexity index is 563. The molecular weight excluding hydrogens is 286 g/mol. The molecule has 0 radical (unpaired) electrons. The summed E-state index contributed by atoms with van der Waals surface area (Å²) >= 11 is 1.63. The van der Waals surface area contributed by atoms with Crippen molar-refractivity contribution < 1.29 is 18.3 Å². The molecule has 1 aromatic carbocycles. The molecule has 0 aliphatic carbocycles. The van der Waals surface area contributed by atoms with Crippen LogP contribution in [0, 0.1) is 5.92 Å². The van der Waals surface area contributed by atoms with Gasteiger partial charge < -0.3 is 14.8 Å². The summed E-state index contributed by atoms with van der Waals surface area (Å²) < 4.78 is 34.6. The van der Waals surface area contributed by atoms with E-state index in [0.717, 1.165) is 10.9 Å². The first-order valence-electron chi connectivity index (χ1n) is 6.30. The SMILES string of the molecule is CC(C)[C@H]1CSC(Nc2ccc3c(c2)OC(F)(F)O3)=N1. The zero-order valence-electron chi connectivity index (χ0n) is 11.0. The number of ether oxygens (including phenoxy) is 2. The number of amidine groups is 1. The third-order valence-electron chi connectivity index (χ3n) is 3.10. The van der Waals surface area contributed by atoms with Gasteiger partial charge in [-0.15, -0.1) is 8.78 Å². The van der Waals surface area contributed by atoms with Crippen LogP contribution in [0.4, 0.5) is 14.5 Å². The van der Waals surface area contributed by atoms with E-state index in [1.165, 1.54) is 12.1 Å². The highest BCUT2D eigenvalue weighted by atomic mass is 32.2. The van der Waals surface area contributed by atoms with Gasteiger partial charge in [0.25, 0.3) is 0 Å². The quantitative estimate of drug-likeness (QED) is 0.907. The van der Waals surface area contributed by atoms with E-state index < -0.39 is 6.29 Å². The van der Waals surface area contributed by atoms with Crippen molar-refractivity contribution in [1.29, 1.82) is 0 Å². The van der Waals surface area contributed by atoms with Gasteiger partial charge >= 0.3 is 6.29 Å². The Morgan fingerprint density at radius 1 is 1.35 bits per heavy atom. The topological polar surface area (TPSA) is 42.8 Å². The number of alkyl halides is 2. The molecule has 4 nitrogen and oxygen atoms in total. The Morgan fingerprint density at radius 2 is 2.10 bits per heavy atom. The van der Waals surface area contributed by atoms with Crippen molar-refractivity contribution in [3.63, 3.8) is 0 Å².